The molecule has 0 aliphatic carbocycles. The van der Waals surface area contributed by atoms with Gasteiger partial charge in [-0.1, -0.05) is 0 Å². The molecule has 22 heavy (non-hydrogen) atoms. The van der Waals surface area contributed by atoms with Crippen molar-refractivity contribution < 1.29 is 13.9 Å². The minimum absolute atomic E-state index is 0.0804. The zero-order valence-electron chi connectivity index (χ0n) is 12.4. The lowest BCUT2D eigenvalue weighted by atomic mass is 10.2. The summed E-state index contributed by atoms with van der Waals surface area (Å²) < 4.78 is 18.7. The van der Waals surface area contributed by atoms with Crippen LogP contribution in [0.5, 0.6) is 0 Å². The number of carbonyl (C=O) groups is 1. The minimum atomic E-state index is -0.783. The predicted octanol–water partition coefficient (Wildman–Crippen LogP) is 3.52. The Morgan fingerprint density at radius 2 is 1.95 bits per heavy atom. The highest BCUT2D eigenvalue weighted by molar-refractivity contribution is 5.86. The molecule has 0 bridgehead atoms. The summed E-state index contributed by atoms with van der Waals surface area (Å²) in [6, 6.07) is 7.22. The number of benzene rings is 1. The summed E-state index contributed by atoms with van der Waals surface area (Å²) in [7, 11) is 0. The van der Waals surface area contributed by atoms with Crippen LogP contribution < -0.4 is 10.6 Å². The van der Waals surface area contributed by atoms with E-state index in [-0.39, 0.29) is 11.3 Å². The number of hydrogen-bond donors (Lipinski definition) is 2. The second-order valence-corrected chi connectivity index (χ2v) is 5.25. The van der Waals surface area contributed by atoms with Crippen molar-refractivity contribution in [2.75, 3.05) is 10.6 Å². The average Bonchev–Trinajstić information content (AvgIpc) is 2.41. The molecule has 6 nitrogen and oxygen atoms in total. The van der Waals surface area contributed by atoms with Crippen molar-refractivity contribution in [3.05, 3.63) is 35.8 Å². The molecule has 0 saturated carbocycles. The topological polar surface area (TPSA) is 97.9 Å². The van der Waals surface area contributed by atoms with Gasteiger partial charge in [0.15, 0.2) is 0 Å². The number of ether oxygens (including phenoxy) is 1. The summed E-state index contributed by atoms with van der Waals surface area (Å²) in [5.41, 5.74) is -0.516. The third kappa shape index (κ3) is 5.51. The molecule has 1 aromatic carbocycles. The third-order valence-corrected chi connectivity index (χ3v) is 2.23. The number of nitrogens with zero attached hydrogens (tertiary/aromatic N) is 2. The van der Waals surface area contributed by atoms with Crippen molar-refractivity contribution >= 4 is 17.5 Å². The summed E-state index contributed by atoms with van der Waals surface area (Å²) in [5.74, 6) is -0.638. The van der Waals surface area contributed by atoms with Gasteiger partial charge < -0.3 is 10.1 Å². The summed E-state index contributed by atoms with van der Waals surface area (Å²) in [4.78, 5) is 11.6. The SMILES string of the molecule is CC(C)(C)OC(=O)Nc1cc(NC=C(C#N)C#N)ccc1F. The summed E-state index contributed by atoms with van der Waals surface area (Å²) in [6.45, 7) is 5.07. The highest BCUT2D eigenvalue weighted by atomic mass is 19.1. The molecule has 0 saturated heterocycles. The number of halogens is 1. The third-order valence-electron chi connectivity index (χ3n) is 2.23. The molecule has 0 heterocycles. The van der Waals surface area contributed by atoms with Crippen molar-refractivity contribution in [2.24, 2.45) is 0 Å². The number of nitrogens with one attached hydrogen (secondary N) is 2. The van der Waals surface area contributed by atoms with Crippen molar-refractivity contribution in [1.29, 1.82) is 10.5 Å². The van der Waals surface area contributed by atoms with E-state index in [4.69, 9.17) is 15.3 Å². The Kier molecular flexibility index (Phi) is 5.48. The standard InChI is InChI=1S/C15H15FN4O2/c1-15(2,3)22-14(21)20-13-6-11(4-5-12(13)16)19-9-10(7-17)8-18/h4-6,9,19H,1-3H3,(H,20,21). The fourth-order valence-corrected chi connectivity index (χ4v) is 1.37. The quantitative estimate of drug-likeness (QED) is 0.832. The van der Waals surface area contributed by atoms with Crippen LogP contribution >= 0.6 is 0 Å². The first-order chi connectivity index (χ1) is 10.2. The van der Waals surface area contributed by atoms with Gasteiger partial charge in [0.2, 0.25) is 0 Å². The number of anilines is 2. The molecule has 0 radical (unpaired) electrons. The van der Waals surface area contributed by atoms with Gasteiger partial charge in [0.1, 0.15) is 29.1 Å². The average molecular weight is 302 g/mol. The Morgan fingerprint density at radius 1 is 1.32 bits per heavy atom. The maximum absolute atomic E-state index is 13.7. The maximum atomic E-state index is 13.7. The van der Waals surface area contributed by atoms with Crippen molar-refractivity contribution in [2.45, 2.75) is 26.4 Å². The van der Waals surface area contributed by atoms with Crippen molar-refractivity contribution in [3.8, 4) is 12.1 Å². The summed E-state index contributed by atoms with van der Waals surface area (Å²) in [6.07, 6.45) is 0.402. The summed E-state index contributed by atoms with van der Waals surface area (Å²) in [5, 5.41) is 22.2. The van der Waals surface area contributed by atoms with E-state index in [2.05, 4.69) is 10.6 Å². The van der Waals surface area contributed by atoms with E-state index >= 15 is 0 Å². The van der Waals surface area contributed by atoms with E-state index in [1.165, 1.54) is 18.3 Å². The largest absolute Gasteiger partial charge is 0.444 e. The lowest BCUT2D eigenvalue weighted by molar-refractivity contribution is 0.0635. The molecule has 0 spiro atoms. The molecular weight excluding hydrogens is 287 g/mol. The van der Waals surface area contributed by atoms with Crippen LogP contribution in [-0.2, 0) is 4.74 Å². The fourth-order valence-electron chi connectivity index (χ4n) is 1.37. The molecule has 1 amide bonds. The highest BCUT2D eigenvalue weighted by Gasteiger charge is 2.17. The molecule has 114 valence electrons. The monoisotopic (exact) mass is 302 g/mol. The normalized spacial score (nSPS) is 9.91. The Morgan fingerprint density at radius 3 is 2.50 bits per heavy atom. The molecular formula is C15H15FN4O2. The lowest BCUT2D eigenvalue weighted by Crippen LogP contribution is -2.27. The van der Waals surface area contributed by atoms with E-state index in [9.17, 15) is 9.18 Å². The van der Waals surface area contributed by atoms with Crippen molar-refractivity contribution in [1.82, 2.24) is 0 Å². The molecule has 7 heteroatoms. The lowest BCUT2D eigenvalue weighted by Gasteiger charge is -2.20. The van der Waals surface area contributed by atoms with Gasteiger partial charge in [-0.3, -0.25) is 5.32 Å². The number of allylic oxidation sites excluding steroid dienone is 1. The van der Waals surface area contributed by atoms with Gasteiger partial charge in [-0.15, -0.1) is 0 Å². The number of nitriles is 2. The van der Waals surface area contributed by atoms with Crippen molar-refractivity contribution in [3.63, 3.8) is 0 Å². The van der Waals surface area contributed by atoms with E-state index in [1.807, 2.05) is 0 Å². The Balaban J connectivity index is 2.88. The molecule has 0 atom stereocenters. The van der Waals surface area contributed by atoms with Gasteiger partial charge in [-0.2, -0.15) is 10.5 Å². The first-order valence-electron chi connectivity index (χ1n) is 6.31. The number of carbonyl (C=O) groups excluding carboxylic acids is 1. The Labute approximate surface area is 127 Å². The second kappa shape index (κ2) is 7.09. The molecule has 2 N–H and O–H groups in total. The van der Waals surface area contributed by atoms with Crippen LogP contribution in [-0.4, -0.2) is 11.7 Å². The highest BCUT2D eigenvalue weighted by Crippen LogP contribution is 2.21. The summed E-state index contributed by atoms with van der Waals surface area (Å²) >= 11 is 0. The molecule has 1 rings (SSSR count). The van der Waals surface area contributed by atoms with E-state index in [0.717, 1.165) is 6.07 Å². The molecule has 0 unspecified atom stereocenters. The smallest absolute Gasteiger partial charge is 0.412 e. The Hall–Kier alpha value is -3.06. The minimum Gasteiger partial charge on any atom is -0.444 e. The molecule has 0 aromatic heterocycles. The number of rotatable bonds is 3. The van der Waals surface area contributed by atoms with Crippen LogP contribution in [0.25, 0.3) is 0 Å². The molecule has 0 aliphatic heterocycles. The first-order valence-corrected chi connectivity index (χ1v) is 6.31. The van der Waals surface area contributed by atoms with Gasteiger partial charge in [-0.05, 0) is 39.0 Å². The molecule has 0 fully saturated rings. The van der Waals surface area contributed by atoms with Gasteiger partial charge in [0.25, 0.3) is 0 Å². The van der Waals surface area contributed by atoms with E-state index < -0.39 is 17.5 Å². The van der Waals surface area contributed by atoms with Crippen LogP contribution in [0.15, 0.2) is 30.0 Å². The van der Waals surface area contributed by atoms with Crippen LogP contribution in [0.3, 0.4) is 0 Å². The van der Waals surface area contributed by atoms with E-state index in [1.54, 1.807) is 32.9 Å². The van der Waals surface area contributed by atoms with E-state index in [0.29, 0.717) is 5.69 Å². The van der Waals surface area contributed by atoms with Crippen LogP contribution in [0.4, 0.5) is 20.6 Å². The van der Waals surface area contributed by atoms with Gasteiger partial charge in [-0.25, -0.2) is 9.18 Å². The molecule has 1 aromatic rings. The first kappa shape index (κ1) is 17.0. The zero-order chi connectivity index (χ0) is 16.8. The van der Waals surface area contributed by atoms with Crippen LogP contribution in [0, 0.1) is 28.5 Å². The van der Waals surface area contributed by atoms with Gasteiger partial charge in [0, 0.05) is 11.9 Å². The zero-order valence-corrected chi connectivity index (χ0v) is 12.4. The second-order valence-electron chi connectivity index (χ2n) is 5.25. The molecule has 0 aliphatic rings. The van der Waals surface area contributed by atoms with Crippen LogP contribution in [0.1, 0.15) is 20.8 Å². The number of hydrogen-bond acceptors (Lipinski definition) is 5. The maximum Gasteiger partial charge on any atom is 0.412 e. The number of amides is 1. The predicted molar refractivity (Wildman–Crippen MR) is 79.2 cm³/mol. The van der Waals surface area contributed by atoms with Crippen LogP contribution in [0.2, 0.25) is 0 Å². The van der Waals surface area contributed by atoms with Gasteiger partial charge >= 0.3 is 6.09 Å². The fraction of sp³-hybridized carbons (Fsp3) is 0.267. The van der Waals surface area contributed by atoms with Gasteiger partial charge in [0.05, 0.1) is 5.69 Å². The Bertz CT molecular complexity index is 662.